The van der Waals surface area contributed by atoms with Gasteiger partial charge in [-0.05, 0) is 41.3 Å². The number of hydrogen-bond donors (Lipinski definition) is 1. The van der Waals surface area contributed by atoms with Gasteiger partial charge in [-0.2, -0.15) is 0 Å². The molecule has 1 aliphatic heterocycles. The first-order valence-corrected chi connectivity index (χ1v) is 11.6. The molecule has 2 aromatic rings. The van der Waals surface area contributed by atoms with Crippen molar-refractivity contribution < 1.29 is 28.5 Å². The average Bonchev–Trinajstić information content (AvgIpc) is 2.80. The molecule has 0 saturated heterocycles. The van der Waals surface area contributed by atoms with Gasteiger partial charge in [0.15, 0.2) is 5.78 Å². The number of allylic oxidation sites excluding steroid dienone is 2. The largest absolute Gasteiger partial charge is 0.496 e. The molecule has 35 heavy (non-hydrogen) atoms. The topological polar surface area (TPSA) is 97.1 Å². The van der Waals surface area contributed by atoms with E-state index in [1.807, 2.05) is 26.0 Å². The lowest BCUT2D eigenvalue weighted by atomic mass is 9.70. The number of benzene rings is 2. The number of esters is 1. The Kier molecular flexibility index (Phi) is 6.81. The Labute approximate surface area is 209 Å². The van der Waals surface area contributed by atoms with Gasteiger partial charge >= 0.3 is 5.97 Å². The summed E-state index contributed by atoms with van der Waals surface area (Å²) >= 11 is 6.07. The minimum Gasteiger partial charge on any atom is -0.496 e. The standard InChI is InChI=1S/C27H28ClNO6/c1-27(2)12-19(30)23-21(13-27)35-25(29)24(26(31)33-4)22(23)15-8-9-20(32-3)16(10-15)14-34-18-7-5-6-17(28)11-18/h5-11,22H,12-14,29H2,1-4H3. The second-order valence-electron chi connectivity index (χ2n) is 9.40. The number of methoxy groups -OCH3 is 2. The van der Waals surface area contributed by atoms with Gasteiger partial charge in [0.1, 0.15) is 29.4 Å². The van der Waals surface area contributed by atoms with Gasteiger partial charge in [0.05, 0.1) is 20.1 Å². The van der Waals surface area contributed by atoms with Crippen molar-refractivity contribution >= 4 is 23.4 Å². The summed E-state index contributed by atoms with van der Waals surface area (Å²) in [4.78, 5) is 26.1. The number of Topliss-reactive ketones (excluding diaryl/α,β-unsaturated/α-hetero) is 1. The summed E-state index contributed by atoms with van der Waals surface area (Å²) in [6.07, 6.45) is 0.863. The summed E-state index contributed by atoms with van der Waals surface area (Å²) in [5.74, 6) is 0.181. The van der Waals surface area contributed by atoms with E-state index in [0.717, 1.165) is 5.56 Å². The van der Waals surface area contributed by atoms with Crippen LogP contribution < -0.4 is 15.2 Å². The first-order chi connectivity index (χ1) is 16.6. The van der Waals surface area contributed by atoms with Crippen molar-refractivity contribution in [3.05, 3.63) is 81.4 Å². The van der Waals surface area contributed by atoms with Crippen LogP contribution in [-0.4, -0.2) is 26.0 Å². The van der Waals surface area contributed by atoms with Gasteiger partial charge in [0.25, 0.3) is 0 Å². The summed E-state index contributed by atoms with van der Waals surface area (Å²) < 4.78 is 22.3. The van der Waals surface area contributed by atoms with Gasteiger partial charge < -0.3 is 24.7 Å². The predicted octanol–water partition coefficient (Wildman–Crippen LogP) is 5.03. The number of rotatable bonds is 6. The van der Waals surface area contributed by atoms with E-state index in [-0.39, 0.29) is 29.3 Å². The number of ketones is 1. The number of carbonyl (C=O) groups is 2. The molecular formula is C27H28ClNO6. The van der Waals surface area contributed by atoms with E-state index in [0.29, 0.717) is 46.3 Å². The second-order valence-corrected chi connectivity index (χ2v) is 9.84. The summed E-state index contributed by atoms with van der Waals surface area (Å²) in [6, 6.07) is 12.5. The van der Waals surface area contributed by atoms with Crippen LogP contribution in [0, 0.1) is 5.41 Å². The first kappa shape index (κ1) is 24.7. The van der Waals surface area contributed by atoms with Crippen LogP contribution in [0.15, 0.2) is 65.3 Å². The molecule has 0 spiro atoms. The molecule has 0 aromatic heterocycles. The molecule has 0 amide bonds. The zero-order valence-corrected chi connectivity index (χ0v) is 20.9. The lowest BCUT2D eigenvalue weighted by Gasteiger charge is -2.38. The predicted molar refractivity (Wildman–Crippen MR) is 131 cm³/mol. The van der Waals surface area contributed by atoms with E-state index < -0.39 is 11.9 Å². The Morgan fingerprint density at radius 2 is 1.94 bits per heavy atom. The zero-order chi connectivity index (χ0) is 25.3. The maximum absolute atomic E-state index is 13.3. The molecule has 2 aliphatic rings. The summed E-state index contributed by atoms with van der Waals surface area (Å²) in [5.41, 5.74) is 7.89. The number of halogens is 1. The molecule has 0 radical (unpaired) electrons. The van der Waals surface area contributed by atoms with Crippen LogP contribution in [0.2, 0.25) is 5.02 Å². The van der Waals surface area contributed by atoms with E-state index in [1.165, 1.54) is 7.11 Å². The van der Waals surface area contributed by atoms with Crippen LogP contribution in [0.5, 0.6) is 11.5 Å². The van der Waals surface area contributed by atoms with Gasteiger partial charge in [-0.25, -0.2) is 4.79 Å². The van der Waals surface area contributed by atoms with Gasteiger partial charge in [0.2, 0.25) is 5.88 Å². The normalized spacial score (nSPS) is 19.1. The first-order valence-electron chi connectivity index (χ1n) is 11.2. The van der Waals surface area contributed by atoms with Crippen LogP contribution in [0.4, 0.5) is 0 Å². The third-order valence-electron chi connectivity index (χ3n) is 6.19. The highest BCUT2D eigenvalue weighted by atomic mass is 35.5. The number of hydrogen-bond acceptors (Lipinski definition) is 7. The molecule has 1 heterocycles. The maximum atomic E-state index is 13.3. The lowest BCUT2D eigenvalue weighted by molar-refractivity contribution is -0.136. The molecule has 0 fully saturated rings. The summed E-state index contributed by atoms with van der Waals surface area (Å²) in [7, 11) is 2.84. The quantitative estimate of drug-likeness (QED) is 0.559. The van der Waals surface area contributed by atoms with Crippen molar-refractivity contribution in [1.82, 2.24) is 0 Å². The monoisotopic (exact) mass is 497 g/mol. The van der Waals surface area contributed by atoms with Crippen LogP contribution in [0.3, 0.4) is 0 Å². The maximum Gasteiger partial charge on any atom is 0.340 e. The van der Waals surface area contributed by atoms with Gasteiger partial charge in [-0.1, -0.05) is 37.6 Å². The number of ether oxygens (including phenoxy) is 4. The fourth-order valence-corrected chi connectivity index (χ4v) is 4.82. The third-order valence-corrected chi connectivity index (χ3v) is 6.42. The molecule has 1 unspecified atom stereocenters. The van der Waals surface area contributed by atoms with Crippen molar-refractivity contribution in [3.8, 4) is 11.5 Å². The Morgan fingerprint density at radius 1 is 1.17 bits per heavy atom. The average molecular weight is 498 g/mol. The lowest BCUT2D eigenvalue weighted by Crippen LogP contribution is -2.35. The van der Waals surface area contributed by atoms with E-state index in [9.17, 15) is 9.59 Å². The Balaban J connectivity index is 1.79. The third kappa shape index (κ3) is 5.00. The van der Waals surface area contributed by atoms with E-state index in [1.54, 1.807) is 37.4 Å². The Bertz CT molecular complexity index is 1250. The highest BCUT2D eigenvalue weighted by Gasteiger charge is 2.45. The zero-order valence-electron chi connectivity index (χ0n) is 20.1. The van der Waals surface area contributed by atoms with Crippen molar-refractivity contribution in [1.29, 1.82) is 0 Å². The Morgan fingerprint density at radius 3 is 2.63 bits per heavy atom. The number of nitrogens with two attached hydrogens (primary N) is 1. The SMILES string of the molecule is COC(=O)C1=C(N)OC2=C(C(=O)CC(C)(C)C2)C1c1ccc(OC)c(COc2cccc(Cl)c2)c1. The van der Waals surface area contributed by atoms with E-state index >= 15 is 0 Å². The molecule has 7 nitrogen and oxygen atoms in total. The van der Waals surface area contributed by atoms with Crippen molar-refractivity contribution in [2.75, 3.05) is 14.2 Å². The molecule has 1 atom stereocenters. The number of carbonyl (C=O) groups excluding carboxylic acids is 2. The summed E-state index contributed by atoms with van der Waals surface area (Å²) in [5, 5.41) is 0.562. The summed E-state index contributed by atoms with van der Waals surface area (Å²) in [6.45, 7) is 4.18. The molecule has 2 N–H and O–H groups in total. The molecule has 2 aromatic carbocycles. The molecule has 0 bridgehead atoms. The minimum absolute atomic E-state index is 0.0568. The molecular weight excluding hydrogens is 470 g/mol. The van der Waals surface area contributed by atoms with Gasteiger partial charge in [0, 0.05) is 29.0 Å². The fourth-order valence-electron chi connectivity index (χ4n) is 4.64. The minimum atomic E-state index is -0.731. The smallest absolute Gasteiger partial charge is 0.340 e. The van der Waals surface area contributed by atoms with E-state index in [2.05, 4.69) is 0 Å². The van der Waals surface area contributed by atoms with Crippen LogP contribution in [0.1, 0.15) is 43.7 Å². The highest BCUT2D eigenvalue weighted by Crippen LogP contribution is 2.48. The molecule has 4 rings (SSSR count). The van der Waals surface area contributed by atoms with Crippen molar-refractivity contribution in [2.24, 2.45) is 11.1 Å². The van der Waals surface area contributed by atoms with Crippen LogP contribution in [0.25, 0.3) is 0 Å². The second kappa shape index (κ2) is 9.66. The fraction of sp³-hybridized carbons (Fsp3) is 0.333. The van der Waals surface area contributed by atoms with Crippen LogP contribution >= 0.6 is 11.6 Å². The van der Waals surface area contributed by atoms with Gasteiger partial charge in [-0.3, -0.25) is 4.79 Å². The Hall–Kier alpha value is -3.45. The molecule has 8 heteroatoms. The highest BCUT2D eigenvalue weighted by molar-refractivity contribution is 6.30. The molecule has 184 valence electrons. The van der Waals surface area contributed by atoms with Crippen molar-refractivity contribution in [2.45, 2.75) is 39.2 Å². The molecule has 0 saturated carbocycles. The van der Waals surface area contributed by atoms with E-state index in [4.69, 9.17) is 36.3 Å². The molecule has 1 aliphatic carbocycles. The van der Waals surface area contributed by atoms with Gasteiger partial charge in [-0.15, -0.1) is 0 Å². The van der Waals surface area contributed by atoms with Crippen LogP contribution in [-0.2, 0) is 25.7 Å². The van der Waals surface area contributed by atoms with Crippen molar-refractivity contribution in [3.63, 3.8) is 0 Å².